The molecule has 0 radical (unpaired) electrons. The fourth-order valence-electron chi connectivity index (χ4n) is 2.13. The minimum atomic E-state index is -0.866. The maximum absolute atomic E-state index is 13.0. The second kappa shape index (κ2) is 9.13. The van der Waals surface area contributed by atoms with Gasteiger partial charge in [-0.3, -0.25) is 10.1 Å². The summed E-state index contributed by atoms with van der Waals surface area (Å²) in [5, 5.41) is 8.59. The zero-order valence-electron chi connectivity index (χ0n) is 14.7. The van der Waals surface area contributed by atoms with Crippen LogP contribution in [-0.2, 0) is 9.53 Å². The molecule has 27 heavy (non-hydrogen) atoms. The van der Waals surface area contributed by atoms with Gasteiger partial charge in [0.15, 0.2) is 6.61 Å². The molecule has 1 heterocycles. The number of amides is 3. The second-order valence-electron chi connectivity index (χ2n) is 5.52. The van der Waals surface area contributed by atoms with Crippen molar-refractivity contribution in [2.24, 2.45) is 0 Å². The van der Waals surface area contributed by atoms with Crippen LogP contribution in [0.15, 0.2) is 24.3 Å². The van der Waals surface area contributed by atoms with Gasteiger partial charge in [-0.15, -0.1) is 0 Å². The van der Waals surface area contributed by atoms with E-state index >= 15 is 0 Å². The number of hydrogen-bond acceptors (Lipinski definition) is 5. The molecule has 1 aromatic heterocycles. The van der Waals surface area contributed by atoms with E-state index in [1.54, 1.807) is 6.92 Å². The van der Waals surface area contributed by atoms with Crippen LogP contribution >= 0.6 is 11.6 Å². The normalized spacial score (nSPS) is 10.4. The molecule has 0 unspecified atom stereocenters. The number of hydrogen-bond donors (Lipinski definition) is 2. The summed E-state index contributed by atoms with van der Waals surface area (Å²) < 4.78 is 19.2. The van der Waals surface area contributed by atoms with Gasteiger partial charge in [0.2, 0.25) is 0 Å². The Bertz CT molecular complexity index is 851. The van der Waals surface area contributed by atoms with Gasteiger partial charge in [-0.1, -0.05) is 18.5 Å². The van der Waals surface area contributed by atoms with Gasteiger partial charge in [0.25, 0.3) is 5.91 Å². The zero-order valence-corrected chi connectivity index (χ0v) is 15.5. The van der Waals surface area contributed by atoms with E-state index in [9.17, 15) is 18.8 Å². The average molecular weight is 397 g/mol. The Morgan fingerprint density at radius 3 is 2.56 bits per heavy atom. The molecular formula is C17H18ClFN4O4. The third-order valence-electron chi connectivity index (χ3n) is 3.40. The molecule has 0 saturated heterocycles. The first-order valence-corrected chi connectivity index (χ1v) is 8.47. The molecule has 144 valence electrons. The molecule has 2 rings (SSSR count). The summed E-state index contributed by atoms with van der Waals surface area (Å²) >= 11 is 6.20. The Kier molecular flexibility index (Phi) is 6.89. The Balaban J connectivity index is 2.03. The molecule has 3 amide bonds. The number of aryl methyl sites for hydroxylation is 1. The number of aromatic nitrogens is 2. The van der Waals surface area contributed by atoms with E-state index in [4.69, 9.17) is 16.3 Å². The molecule has 8 nitrogen and oxygen atoms in total. The molecule has 0 aliphatic heterocycles. The first-order valence-electron chi connectivity index (χ1n) is 8.09. The number of urea groups is 1. The summed E-state index contributed by atoms with van der Waals surface area (Å²) in [7, 11) is 0. The largest absolute Gasteiger partial charge is 0.452 e. The number of carbonyl (C=O) groups is 3. The van der Waals surface area contributed by atoms with Gasteiger partial charge < -0.3 is 10.1 Å². The van der Waals surface area contributed by atoms with Crippen molar-refractivity contribution in [1.29, 1.82) is 0 Å². The van der Waals surface area contributed by atoms with E-state index in [1.165, 1.54) is 28.9 Å². The quantitative estimate of drug-likeness (QED) is 0.730. The molecule has 0 aliphatic carbocycles. The first-order chi connectivity index (χ1) is 12.8. The smallest absolute Gasteiger partial charge is 0.343 e. The van der Waals surface area contributed by atoms with E-state index in [2.05, 4.69) is 10.4 Å². The van der Waals surface area contributed by atoms with Crippen LogP contribution in [0, 0.1) is 12.7 Å². The first kappa shape index (κ1) is 20.4. The Morgan fingerprint density at radius 2 is 1.93 bits per heavy atom. The van der Waals surface area contributed by atoms with Crippen LogP contribution in [0.2, 0.25) is 5.15 Å². The number of carbonyl (C=O) groups excluding carboxylic acids is 3. The highest BCUT2D eigenvalue weighted by molar-refractivity contribution is 6.33. The number of benzene rings is 1. The van der Waals surface area contributed by atoms with Crippen LogP contribution in [0.3, 0.4) is 0 Å². The van der Waals surface area contributed by atoms with Crippen molar-refractivity contribution >= 4 is 29.5 Å². The minimum absolute atomic E-state index is 0.0239. The maximum Gasteiger partial charge on any atom is 0.343 e. The molecule has 0 saturated carbocycles. The molecular weight excluding hydrogens is 379 g/mol. The highest BCUT2D eigenvalue weighted by Crippen LogP contribution is 2.24. The highest BCUT2D eigenvalue weighted by Gasteiger charge is 2.23. The zero-order chi connectivity index (χ0) is 20.0. The third kappa shape index (κ3) is 5.27. The summed E-state index contributed by atoms with van der Waals surface area (Å²) in [6.07, 6.45) is 0.715. The molecule has 1 aromatic carbocycles. The lowest BCUT2D eigenvalue weighted by Crippen LogP contribution is -2.41. The lowest BCUT2D eigenvalue weighted by molar-refractivity contribution is -0.123. The summed E-state index contributed by atoms with van der Waals surface area (Å²) in [6.45, 7) is 3.16. The average Bonchev–Trinajstić information content (AvgIpc) is 2.93. The molecule has 2 aromatic rings. The summed E-state index contributed by atoms with van der Waals surface area (Å²) in [5.74, 6) is -2.07. The Hall–Kier alpha value is -2.94. The van der Waals surface area contributed by atoms with Crippen molar-refractivity contribution in [2.45, 2.75) is 20.3 Å². The number of nitrogens with zero attached hydrogens (tertiary/aromatic N) is 2. The van der Waals surface area contributed by atoms with Gasteiger partial charge in [0, 0.05) is 6.54 Å². The molecule has 0 atom stereocenters. The van der Waals surface area contributed by atoms with Crippen molar-refractivity contribution in [2.75, 3.05) is 13.2 Å². The van der Waals surface area contributed by atoms with Crippen LogP contribution in [-0.4, -0.2) is 40.8 Å². The van der Waals surface area contributed by atoms with E-state index in [-0.39, 0.29) is 16.4 Å². The van der Waals surface area contributed by atoms with Crippen molar-refractivity contribution < 1.29 is 23.5 Å². The van der Waals surface area contributed by atoms with Crippen molar-refractivity contribution in [3.05, 3.63) is 46.5 Å². The van der Waals surface area contributed by atoms with Gasteiger partial charge in [0.1, 0.15) is 16.5 Å². The minimum Gasteiger partial charge on any atom is -0.452 e. The van der Waals surface area contributed by atoms with Gasteiger partial charge in [-0.2, -0.15) is 5.10 Å². The third-order valence-corrected chi connectivity index (χ3v) is 3.75. The fraction of sp³-hybridized carbons (Fsp3) is 0.294. The van der Waals surface area contributed by atoms with Crippen LogP contribution in [0.5, 0.6) is 0 Å². The van der Waals surface area contributed by atoms with E-state index in [0.29, 0.717) is 18.7 Å². The van der Waals surface area contributed by atoms with Gasteiger partial charge in [0.05, 0.1) is 11.4 Å². The number of ether oxygens (including phenoxy) is 1. The van der Waals surface area contributed by atoms with Gasteiger partial charge >= 0.3 is 12.0 Å². The standard InChI is InChI=1S/C17H18ClFN4O4/c1-3-8-20-17(26)21-13(24)9-27-16(25)14-10(2)22-23(15(14)18)12-6-4-11(19)5-7-12/h4-7H,3,8-9H2,1-2H3,(H2,20,21,24,26). The van der Waals surface area contributed by atoms with E-state index in [0.717, 1.165) is 0 Å². The van der Waals surface area contributed by atoms with Gasteiger partial charge in [-0.05, 0) is 37.6 Å². The SMILES string of the molecule is CCCNC(=O)NC(=O)COC(=O)c1c(C)nn(-c2ccc(F)cc2)c1Cl. The van der Waals surface area contributed by atoms with Crippen LogP contribution in [0.4, 0.5) is 9.18 Å². The number of rotatable bonds is 6. The predicted molar refractivity (Wildman–Crippen MR) is 95.4 cm³/mol. The molecule has 10 heteroatoms. The summed E-state index contributed by atoms with van der Waals surface area (Å²) in [6, 6.07) is 4.69. The number of imide groups is 1. The Labute approximate surface area is 159 Å². The van der Waals surface area contributed by atoms with Crippen LogP contribution < -0.4 is 10.6 Å². The Morgan fingerprint density at radius 1 is 1.26 bits per heavy atom. The summed E-state index contributed by atoms with van der Waals surface area (Å²) in [4.78, 5) is 35.3. The van der Waals surface area contributed by atoms with Crippen LogP contribution in [0.1, 0.15) is 29.4 Å². The van der Waals surface area contributed by atoms with Crippen molar-refractivity contribution in [1.82, 2.24) is 20.4 Å². The molecule has 0 bridgehead atoms. The van der Waals surface area contributed by atoms with Crippen molar-refractivity contribution in [3.63, 3.8) is 0 Å². The van der Waals surface area contributed by atoms with Crippen molar-refractivity contribution in [3.8, 4) is 5.69 Å². The highest BCUT2D eigenvalue weighted by atomic mass is 35.5. The topological polar surface area (TPSA) is 102 Å². The molecule has 0 aliphatic rings. The molecule has 2 N–H and O–H groups in total. The monoisotopic (exact) mass is 396 g/mol. The van der Waals surface area contributed by atoms with E-state index < -0.39 is 30.3 Å². The molecule has 0 spiro atoms. The predicted octanol–water partition coefficient (Wildman–Crippen LogP) is 2.37. The second-order valence-corrected chi connectivity index (χ2v) is 5.88. The number of esters is 1. The summed E-state index contributed by atoms with van der Waals surface area (Å²) in [5.41, 5.74) is 0.702. The fourth-order valence-corrected chi connectivity index (χ4v) is 2.48. The molecule has 0 fully saturated rings. The number of halogens is 2. The van der Waals surface area contributed by atoms with Gasteiger partial charge in [-0.25, -0.2) is 18.7 Å². The number of nitrogens with one attached hydrogen (secondary N) is 2. The lowest BCUT2D eigenvalue weighted by Gasteiger charge is -2.07. The maximum atomic E-state index is 13.0. The van der Waals surface area contributed by atoms with E-state index in [1.807, 2.05) is 12.2 Å². The lowest BCUT2D eigenvalue weighted by atomic mass is 10.2. The van der Waals surface area contributed by atoms with Crippen LogP contribution in [0.25, 0.3) is 5.69 Å².